The Morgan fingerprint density at radius 2 is 2.29 bits per heavy atom. The van der Waals surface area contributed by atoms with Crippen molar-refractivity contribution in [3.8, 4) is 0 Å². The van der Waals surface area contributed by atoms with Gasteiger partial charge in [0.25, 0.3) is 0 Å². The smallest absolute Gasteiger partial charge is 0.307 e. The fraction of sp³-hybridized carbons (Fsp3) is 0.364. The molecule has 0 saturated heterocycles. The largest absolute Gasteiger partial charge is 0.481 e. The zero-order valence-electron chi connectivity index (χ0n) is 8.10. The molecule has 3 heteroatoms. The van der Waals surface area contributed by atoms with Gasteiger partial charge in [-0.15, -0.1) is 0 Å². The van der Waals surface area contributed by atoms with Crippen LogP contribution in [-0.2, 0) is 11.2 Å². The van der Waals surface area contributed by atoms with E-state index >= 15 is 0 Å². The molecule has 76 valence electrons. The molecular weight excluding hydrogens is 196 g/mol. The number of aliphatic carboxylic acids is 1. The highest BCUT2D eigenvalue weighted by Gasteiger charge is 2.15. The van der Waals surface area contributed by atoms with Crippen molar-refractivity contribution in [1.29, 1.82) is 0 Å². The van der Waals surface area contributed by atoms with Crippen molar-refractivity contribution in [2.75, 3.05) is 5.75 Å². The Labute approximate surface area is 89.4 Å². The minimum Gasteiger partial charge on any atom is -0.481 e. The predicted molar refractivity (Wildman–Crippen MR) is 59.9 cm³/mol. The normalized spacial score (nSPS) is 12.4. The van der Waals surface area contributed by atoms with Crippen LogP contribution in [-0.4, -0.2) is 16.8 Å². The van der Waals surface area contributed by atoms with Crippen molar-refractivity contribution >= 4 is 18.6 Å². The molecular formula is C11H14O2S. The van der Waals surface area contributed by atoms with E-state index in [-0.39, 0.29) is 5.92 Å². The lowest BCUT2D eigenvalue weighted by Crippen LogP contribution is -2.17. The first-order valence-electron chi connectivity index (χ1n) is 4.52. The molecule has 1 rings (SSSR count). The molecule has 0 aromatic heterocycles. The molecule has 0 amide bonds. The summed E-state index contributed by atoms with van der Waals surface area (Å²) in [5.74, 6) is -0.787. The van der Waals surface area contributed by atoms with Crippen LogP contribution in [0.4, 0.5) is 0 Å². The predicted octanol–water partition coefficient (Wildman–Crippen LogP) is 2.17. The summed E-state index contributed by atoms with van der Waals surface area (Å²) in [5.41, 5.74) is 2.22. The Morgan fingerprint density at radius 3 is 2.79 bits per heavy atom. The minimum absolute atomic E-state index is 0.378. The van der Waals surface area contributed by atoms with Gasteiger partial charge in [-0.2, -0.15) is 12.6 Å². The van der Waals surface area contributed by atoms with Gasteiger partial charge in [0, 0.05) is 5.75 Å². The van der Waals surface area contributed by atoms with Gasteiger partial charge in [0.1, 0.15) is 0 Å². The standard InChI is InChI=1S/C11H14O2S/c1-8-3-2-4-9(5-8)6-10(7-14)11(12)13/h2-5,10,14H,6-7H2,1H3,(H,12,13). The molecule has 1 aromatic carbocycles. The van der Waals surface area contributed by atoms with E-state index in [1.54, 1.807) is 0 Å². The van der Waals surface area contributed by atoms with Crippen molar-refractivity contribution in [3.05, 3.63) is 35.4 Å². The van der Waals surface area contributed by atoms with Gasteiger partial charge in [-0.25, -0.2) is 0 Å². The third-order valence-corrected chi connectivity index (χ3v) is 2.57. The first-order chi connectivity index (χ1) is 6.63. The van der Waals surface area contributed by atoms with Crippen LogP contribution in [0.3, 0.4) is 0 Å². The number of hydrogen-bond donors (Lipinski definition) is 2. The highest BCUT2D eigenvalue weighted by molar-refractivity contribution is 7.80. The Balaban J connectivity index is 2.72. The maximum atomic E-state index is 10.8. The van der Waals surface area contributed by atoms with E-state index in [0.717, 1.165) is 11.1 Å². The van der Waals surface area contributed by atoms with Crippen LogP contribution in [0.15, 0.2) is 24.3 Å². The van der Waals surface area contributed by atoms with Crippen LogP contribution in [0, 0.1) is 12.8 Å². The zero-order chi connectivity index (χ0) is 10.6. The van der Waals surface area contributed by atoms with Crippen LogP contribution in [0.25, 0.3) is 0 Å². The molecule has 2 nitrogen and oxygen atoms in total. The lowest BCUT2D eigenvalue weighted by atomic mass is 10.00. The highest BCUT2D eigenvalue weighted by atomic mass is 32.1. The van der Waals surface area contributed by atoms with Gasteiger partial charge < -0.3 is 5.11 Å². The van der Waals surface area contributed by atoms with Gasteiger partial charge in [-0.3, -0.25) is 4.79 Å². The first kappa shape index (κ1) is 11.1. The molecule has 1 aromatic rings. The second-order valence-electron chi connectivity index (χ2n) is 3.41. The third kappa shape index (κ3) is 3.07. The number of hydrogen-bond acceptors (Lipinski definition) is 2. The number of carboxylic acid groups (broad SMARTS) is 1. The summed E-state index contributed by atoms with van der Waals surface area (Å²) in [6.45, 7) is 2.00. The van der Waals surface area contributed by atoms with E-state index in [1.165, 1.54) is 0 Å². The van der Waals surface area contributed by atoms with Crippen molar-refractivity contribution in [3.63, 3.8) is 0 Å². The number of carboxylic acids is 1. The molecule has 0 saturated carbocycles. The van der Waals surface area contributed by atoms with Gasteiger partial charge in [0.15, 0.2) is 0 Å². The molecule has 0 spiro atoms. The summed E-state index contributed by atoms with van der Waals surface area (Å²) >= 11 is 4.03. The molecule has 0 aliphatic rings. The Kier molecular flexibility index (Phi) is 4.01. The zero-order valence-corrected chi connectivity index (χ0v) is 9.00. The van der Waals surface area contributed by atoms with Crippen LogP contribution in [0.1, 0.15) is 11.1 Å². The van der Waals surface area contributed by atoms with E-state index in [9.17, 15) is 4.79 Å². The van der Waals surface area contributed by atoms with Crippen molar-refractivity contribution in [1.82, 2.24) is 0 Å². The van der Waals surface area contributed by atoms with E-state index in [4.69, 9.17) is 5.11 Å². The molecule has 14 heavy (non-hydrogen) atoms. The summed E-state index contributed by atoms with van der Waals surface area (Å²) in [6, 6.07) is 7.91. The summed E-state index contributed by atoms with van der Waals surface area (Å²) in [4.78, 5) is 10.8. The van der Waals surface area contributed by atoms with Crippen molar-refractivity contribution < 1.29 is 9.90 Å². The number of benzene rings is 1. The number of rotatable bonds is 4. The number of thiol groups is 1. The van der Waals surface area contributed by atoms with E-state index in [1.807, 2.05) is 31.2 Å². The van der Waals surface area contributed by atoms with Gasteiger partial charge in [-0.1, -0.05) is 29.8 Å². The second kappa shape index (κ2) is 5.05. The monoisotopic (exact) mass is 210 g/mol. The fourth-order valence-corrected chi connectivity index (χ4v) is 1.64. The van der Waals surface area contributed by atoms with Crippen LogP contribution in [0.2, 0.25) is 0 Å². The van der Waals surface area contributed by atoms with Crippen LogP contribution >= 0.6 is 12.6 Å². The molecule has 1 atom stereocenters. The maximum Gasteiger partial charge on any atom is 0.307 e. The summed E-state index contributed by atoms with van der Waals surface area (Å²) in [5, 5.41) is 8.85. The topological polar surface area (TPSA) is 37.3 Å². The van der Waals surface area contributed by atoms with Crippen LogP contribution in [0.5, 0.6) is 0 Å². The fourth-order valence-electron chi connectivity index (χ4n) is 1.35. The molecule has 0 bridgehead atoms. The van der Waals surface area contributed by atoms with Crippen LogP contribution < -0.4 is 0 Å². The Morgan fingerprint density at radius 1 is 1.57 bits per heavy atom. The Hall–Kier alpha value is -0.960. The minimum atomic E-state index is -0.776. The van der Waals surface area contributed by atoms with Gasteiger partial charge in [0.05, 0.1) is 5.92 Å². The Bertz CT molecular complexity index is 323. The third-order valence-electron chi connectivity index (χ3n) is 2.13. The van der Waals surface area contributed by atoms with E-state index in [0.29, 0.717) is 12.2 Å². The average molecular weight is 210 g/mol. The second-order valence-corrected chi connectivity index (χ2v) is 3.78. The van der Waals surface area contributed by atoms with E-state index < -0.39 is 5.97 Å². The lowest BCUT2D eigenvalue weighted by Gasteiger charge is -2.09. The molecule has 1 N–H and O–H groups in total. The molecule has 1 unspecified atom stereocenters. The summed E-state index contributed by atoms with van der Waals surface area (Å²) < 4.78 is 0. The van der Waals surface area contributed by atoms with E-state index in [2.05, 4.69) is 12.6 Å². The SMILES string of the molecule is Cc1cccc(CC(CS)C(=O)O)c1. The number of aryl methyl sites for hydroxylation is 1. The van der Waals surface area contributed by atoms with Gasteiger partial charge in [0.2, 0.25) is 0 Å². The average Bonchev–Trinajstić information content (AvgIpc) is 2.14. The quantitative estimate of drug-likeness (QED) is 0.747. The molecule has 0 fully saturated rings. The molecule has 0 radical (unpaired) electrons. The van der Waals surface area contributed by atoms with Gasteiger partial charge >= 0.3 is 5.97 Å². The summed E-state index contributed by atoms with van der Waals surface area (Å²) in [6.07, 6.45) is 0.556. The van der Waals surface area contributed by atoms with Crippen molar-refractivity contribution in [2.24, 2.45) is 5.92 Å². The molecule has 0 aliphatic carbocycles. The summed E-state index contributed by atoms with van der Waals surface area (Å²) in [7, 11) is 0. The van der Waals surface area contributed by atoms with Gasteiger partial charge in [-0.05, 0) is 18.9 Å². The molecule has 0 aliphatic heterocycles. The first-order valence-corrected chi connectivity index (χ1v) is 5.16. The molecule has 0 heterocycles. The lowest BCUT2D eigenvalue weighted by molar-refractivity contribution is -0.140. The number of carbonyl (C=O) groups is 1. The highest BCUT2D eigenvalue weighted by Crippen LogP contribution is 2.12. The maximum absolute atomic E-state index is 10.8. The van der Waals surface area contributed by atoms with Crippen molar-refractivity contribution in [2.45, 2.75) is 13.3 Å².